The number of aryl methyl sites for hydroxylation is 1. The van der Waals surface area contributed by atoms with Crippen molar-refractivity contribution in [2.45, 2.75) is 26.2 Å². The highest BCUT2D eigenvalue weighted by atomic mass is 35.5. The van der Waals surface area contributed by atoms with Crippen molar-refractivity contribution in [2.75, 3.05) is 5.32 Å². The molecule has 0 saturated heterocycles. The maximum absolute atomic E-state index is 12.3. The SMILES string of the molecule is Cc1ccc(NC(=O)C2[C@@H]3[C@@H]4CC[C@H](C4)[C@@H]23)cc1Cl. The van der Waals surface area contributed by atoms with E-state index in [2.05, 4.69) is 5.32 Å². The fraction of sp³-hybridized carbons (Fsp3) is 0.562. The molecule has 1 N–H and O–H groups in total. The predicted molar refractivity (Wildman–Crippen MR) is 76.1 cm³/mol. The topological polar surface area (TPSA) is 29.1 Å². The largest absolute Gasteiger partial charge is 0.326 e. The minimum atomic E-state index is 0.214. The molecular weight excluding hydrogens is 258 g/mol. The number of benzene rings is 1. The number of rotatable bonds is 2. The monoisotopic (exact) mass is 275 g/mol. The van der Waals surface area contributed by atoms with Crippen LogP contribution in [0.3, 0.4) is 0 Å². The summed E-state index contributed by atoms with van der Waals surface area (Å²) in [5.74, 6) is 3.57. The highest BCUT2D eigenvalue weighted by Gasteiger charge is 2.67. The molecule has 0 radical (unpaired) electrons. The summed E-state index contributed by atoms with van der Waals surface area (Å²) in [5.41, 5.74) is 1.87. The highest BCUT2D eigenvalue weighted by molar-refractivity contribution is 6.31. The van der Waals surface area contributed by atoms with Gasteiger partial charge in [0, 0.05) is 16.6 Å². The number of halogens is 1. The van der Waals surface area contributed by atoms with Gasteiger partial charge in [-0.05, 0) is 67.6 Å². The Morgan fingerprint density at radius 1 is 1.26 bits per heavy atom. The average Bonchev–Trinajstić information content (AvgIpc) is 2.83. The van der Waals surface area contributed by atoms with E-state index < -0.39 is 0 Å². The Balaban J connectivity index is 1.47. The molecule has 2 nitrogen and oxygen atoms in total. The number of nitrogens with one attached hydrogen (secondary N) is 1. The summed E-state index contributed by atoms with van der Waals surface area (Å²) in [7, 11) is 0. The summed E-state index contributed by atoms with van der Waals surface area (Å²) >= 11 is 6.09. The molecule has 3 heteroatoms. The maximum atomic E-state index is 12.3. The lowest BCUT2D eigenvalue weighted by Crippen LogP contribution is -2.18. The lowest BCUT2D eigenvalue weighted by molar-refractivity contribution is -0.118. The molecular formula is C16H18ClNO. The molecule has 100 valence electrons. The van der Waals surface area contributed by atoms with Crippen molar-refractivity contribution in [1.82, 2.24) is 0 Å². The van der Waals surface area contributed by atoms with Gasteiger partial charge in [0.1, 0.15) is 0 Å². The zero-order valence-corrected chi connectivity index (χ0v) is 11.8. The Morgan fingerprint density at radius 2 is 1.95 bits per heavy atom. The summed E-state index contributed by atoms with van der Waals surface area (Å²) < 4.78 is 0. The number of fused-ring (bicyclic) bond motifs is 5. The number of hydrogen-bond acceptors (Lipinski definition) is 1. The first-order valence-electron chi connectivity index (χ1n) is 7.22. The van der Waals surface area contributed by atoms with Crippen molar-refractivity contribution in [3.05, 3.63) is 28.8 Å². The molecule has 0 heterocycles. The molecule has 3 aliphatic carbocycles. The molecule has 0 aromatic heterocycles. The standard InChI is InChI=1S/C16H18ClNO/c1-8-2-5-11(7-12(8)17)18-16(19)15-13-9-3-4-10(6-9)14(13)15/h2,5,7,9-10,13-15H,3-4,6H2,1H3,(H,18,19)/t9-,10-,13-,14-/m1/s1. The predicted octanol–water partition coefficient (Wildman–Crippen LogP) is 3.88. The van der Waals surface area contributed by atoms with Gasteiger partial charge in [0.25, 0.3) is 0 Å². The van der Waals surface area contributed by atoms with Crippen molar-refractivity contribution < 1.29 is 4.79 Å². The van der Waals surface area contributed by atoms with Crippen LogP contribution in [-0.4, -0.2) is 5.91 Å². The van der Waals surface area contributed by atoms with Gasteiger partial charge < -0.3 is 5.32 Å². The van der Waals surface area contributed by atoms with Crippen LogP contribution in [0, 0.1) is 36.5 Å². The Hall–Kier alpha value is -1.02. The van der Waals surface area contributed by atoms with E-state index in [9.17, 15) is 4.79 Å². The van der Waals surface area contributed by atoms with E-state index in [1.54, 1.807) is 0 Å². The van der Waals surface area contributed by atoms with Crippen LogP contribution < -0.4 is 5.32 Å². The first-order valence-corrected chi connectivity index (χ1v) is 7.60. The van der Waals surface area contributed by atoms with Crippen molar-refractivity contribution in [3.8, 4) is 0 Å². The molecule has 4 atom stereocenters. The summed E-state index contributed by atoms with van der Waals surface area (Å²) in [4.78, 5) is 12.3. The van der Waals surface area contributed by atoms with Gasteiger partial charge in [-0.1, -0.05) is 17.7 Å². The summed E-state index contributed by atoms with van der Waals surface area (Å²) in [6, 6.07) is 5.74. The Bertz CT molecular complexity index is 540. The molecule has 3 saturated carbocycles. The van der Waals surface area contributed by atoms with E-state index in [1.165, 1.54) is 19.3 Å². The minimum absolute atomic E-state index is 0.214. The van der Waals surface area contributed by atoms with Crippen molar-refractivity contribution in [3.63, 3.8) is 0 Å². The average molecular weight is 276 g/mol. The number of hydrogen-bond donors (Lipinski definition) is 1. The fourth-order valence-electron chi connectivity index (χ4n) is 4.57. The molecule has 1 amide bonds. The molecule has 3 aliphatic rings. The normalized spacial score (nSPS) is 38.1. The number of carbonyl (C=O) groups excluding carboxylic acids is 1. The van der Waals surface area contributed by atoms with Crippen molar-refractivity contribution >= 4 is 23.2 Å². The number of amides is 1. The molecule has 0 spiro atoms. The highest BCUT2D eigenvalue weighted by Crippen LogP contribution is 2.69. The van der Waals surface area contributed by atoms with E-state index in [1.807, 2.05) is 25.1 Å². The van der Waals surface area contributed by atoms with Gasteiger partial charge in [0.05, 0.1) is 0 Å². The number of anilines is 1. The van der Waals surface area contributed by atoms with Crippen LogP contribution in [-0.2, 0) is 4.79 Å². The lowest BCUT2D eigenvalue weighted by Gasteiger charge is -2.10. The smallest absolute Gasteiger partial charge is 0.228 e. The second-order valence-electron chi connectivity index (χ2n) is 6.47. The van der Waals surface area contributed by atoms with Crippen LogP contribution >= 0.6 is 11.6 Å². The third kappa shape index (κ3) is 1.73. The third-order valence-electron chi connectivity index (χ3n) is 5.48. The first-order chi connectivity index (χ1) is 9.15. The van der Waals surface area contributed by atoms with Gasteiger partial charge >= 0.3 is 0 Å². The van der Waals surface area contributed by atoms with Gasteiger partial charge in [-0.2, -0.15) is 0 Å². The van der Waals surface area contributed by atoms with E-state index in [-0.39, 0.29) is 11.8 Å². The fourth-order valence-corrected chi connectivity index (χ4v) is 4.75. The Labute approximate surface area is 118 Å². The minimum Gasteiger partial charge on any atom is -0.326 e. The van der Waals surface area contributed by atoms with Gasteiger partial charge in [0.2, 0.25) is 5.91 Å². The molecule has 4 rings (SSSR count). The van der Waals surface area contributed by atoms with Crippen LogP contribution in [0.25, 0.3) is 0 Å². The summed E-state index contributed by atoms with van der Waals surface area (Å²) in [5, 5.41) is 3.76. The zero-order valence-electron chi connectivity index (χ0n) is 11.0. The molecule has 0 aliphatic heterocycles. The molecule has 3 fully saturated rings. The van der Waals surface area contributed by atoms with Gasteiger partial charge in [-0.15, -0.1) is 0 Å². The molecule has 19 heavy (non-hydrogen) atoms. The van der Waals surface area contributed by atoms with Crippen LogP contribution in [0.5, 0.6) is 0 Å². The van der Waals surface area contributed by atoms with Crippen molar-refractivity contribution in [1.29, 1.82) is 0 Å². The van der Waals surface area contributed by atoms with Crippen LogP contribution in [0.15, 0.2) is 18.2 Å². The third-order valence-corrected chi connectivity index (χ3v) is 5.88. The number of carbonyl (C=O) groups is 1. The van der Waals surface area contributed by atoms with Crippen LogP contribution in [0.4, 0.5) is 5.69 Å². The maximum Gasteiger partial charge on any atom is 0.228 e. The quantitative estimate of drug-likeness (QED) is 0.872. The van der Waals surface area contributed by atoms with Crippen LogP contribution in [0.1, 0.15) is 24.8 Å². The zero-order chi connectivity index (χ0) is 13.1. The lowest BCUT2D eigenvalue weighted by atomic mass is 10.0. The summed E-state index contributed by atoms with van der Waals surface area (Å²) in [6.45, 7) is 1.97. The van der Waals surface area contributed by atoms with Crippen LogP contribution in [0.2, 0.25) is 5.02 Å². The first kappa shape index (κ1) is 11.8. The molecule has 2 bridgehead atoms. The Morgan fingerprint density at radius 3 is 2.58 bits per heavy atom. The summed E-state index contributed by atoms with van der Waals surface area (Å²) in [6.07, 6.45) is 4.09. The van der Waals surface area contributed by atoms with Gasteiger partial charge in [0.15, 0.2) is 0 Å². The van der Waals surface area contributed by atoms with E-state index in [4.69, 9.17) is 11.6 Å². The Kier molecular flexibility index (Phi) is 2.47. The van der Waals surface area contributed by atoms with Gasteiger partial charge in [-0.3, -0.25) is 4.79 Å². The van der Waals surface area contributed by atoms with Gasteiger partial charge in [-0.25, -0.2) is 0 Å². The second-order valence-corrected chi connectivity index (χ2v) is 6.87. The van der Waals surface area contributed by atoms with Crippen molar-refractivity contribution in [2.24, 2.45) is 29.6 Å². The molecule has 0 unspecified atom stereocenters. The van der Waals surface area contributed by atoms with E-state index in [0.29, 0.717) is 16.9 Å². The molecule has 1 aromatic rings. The van der Waals surface area contributed by atoms with E-state index >= 15 is 0 Å². The second kappa shape index (κ2) is 3.99. The molecule has 1 aromatic carbocycles. The van der Waals surface area contributed by atoms with E-state index in [0.717, 1.165) is 23.1 Å².